The quantitative estimate of drug-likeness (QED) is 0.104. The van der Waals surface area contributed by atoms with Gasteiger partial charge in [0.1, 0.15) is 78.8 Å². The molecule has 0 radical (unpaired) electrons. The third-order valence-electron chi connectivity index (χ3n) is 19.3. The number of carbonyl (C=O) groups is 1. The van der Waals surface area contributed by atoms with Crippen LogP contribution in [-0.2, 0) is 47.4 Å². The van der Waals surface area contributed by atoms with E-state index in [0.29, 0.717) is 32.1 Å². The van der Waals surface area contributed by atoms with Crippen molar-refractivity contribution in [3.63, 3.8) is 0 Å². The fraction of sp³-hybridized carbons (Fsp3) is 0.980. The Morgan fingerprint density at radius 1 is 0.557 bits per heavy atom. The largest absolute Gasteiger partial charge is 0.459 e. The highest BCUT2D eigenvalue weighted by Gasteiger charge is 2.68. The van der Waals surface area contributed by atoms with Crippen molar-refractivity contribution in [1.29, 1.82) is 0 Å². The van der Waals surface area contributed by atoms with Crippen LogP contribution in [-0.4, -0.2) is 204 Å². The molecule has 0 spiro atoms. The molecule has 20 nitrogen and oxygen atoms in total. The van der Waals surface area contributed by atoms with Crippen molar-refractivity contribution in [2.24, 2.45) is 34.0 Å². The third-order valence-corrected chi connectivity index (χ3v) is 19.3. The average Bonchev–Trinajstić information content (AvgIpc) is 3.29. The molecule has 8 rings (SSSR count). The lowest BCUT2D eigenvalue weighted by Gasteiger charge is -2.67. The topological polar surface area (TPSA) is 302 Å². The lowest BCUT2D eigenvalue weighted by atomic mass is 9.44. The molecule has 0 aromatic heterocycles. The summed E-state index contributed by atoms with van der Waals surface area (Å²) in [6.45, 7) is 18.5. The van der Waals surface area contributed by atoms with Crippen LogP contribution in [0.4, 0.5) is 0 Å². The zero-order chi connectivity index (χ0) is 51.4. The first kappa shape index (κ1) is 55.0. The van der Waals surface area contributed by atoms with E-state index in [-0.39, 0.29) is 35.2 Å². The highest BCUT2D eigenvalue weighted by atomic mass is 16.8. The van der Waals surface area contributed by atoms with Gasteiger partial charge in [0.05, 0.1) is 48.8 Å². The normalized spacial score (nSPS) is 54.6. The molecule has 0 aromatic carbocycles. The van der Waals surface area contributed by atoms with Crippen LogP contribution in [0.25, 0.3) is 0 Å². The molecular weight excluding hydrogens is 921 g/mol. The van der Waals surface area contributed by atoms with Crippen LogP contribution >= 0.6 is 0 Å². The maximum Gasteiger partial charge on any atom is 0.303 e. The van der Waals surface area contributed by atoms with Gasteiger partial charge in [-0.1, -0.05) is 34.6 Å². The zero-order valence-corrected chi connectivity index (χ0v) is 42.5. The summed E-state index contributed by atoms with van der Waals surface area (Å²) < 4.78 is 57.5. The Balaban J connectivity index is 1.01. The molecule has 5 aliphatic heterocycles. The number of carbonyl (C=O) groups excluding carboxylic acids is 1. The number of fused-ring (bicyclic) bond motifs is 4. The van der Waals surface area contributed by atoms with Gasteiger partial charge >= 0.3 is 5.97 Å². The minimum Gasteiger partial charge on any atom is -0.459 e. The van der Waals surface area contributed by atoms with Gasteiger partial charge in [-0.15, -0.1) is 0 Å². The number of hydrogen-bond acceptors (Lipinski definition) is 20. The van der Waals surface area contributed by atoms with Crippen LogP contribution in [0.1, 0.15) is 127 Å². The standard InChI is InChI=1S/C50H84O20/c1-22-33(55)36(58)39(61)42(62-22)67-41-38(60)35(57)25(21-52)65-44(41)68-40-37(59)34(56)24(20-51)64-43(40)66-30-15-16-47(7)26(46(30,5)6)13-17-48(8)27(47)11-12-31(69-48)50(10)32(63-23(2)53)19-28-45(3,4)29(54)14-18-49(28,9)70-50/h22,24-44,51-52,54-61H,11-21H2,1-10H3. The number of aliphatic hydroxyl groups is 10. The van der Waals surface area contributed by atoms with Crippen LogP contribution in [0, 0.1) is 34.0 Å². The second kappa shape index (κ2) is 19.7. The Morgan fingerprint density at radius 2 is 1.13 bits per heavy atom. The van der Waals surface area contributed by atoms with Crippen LogP contribution in [0.5, 0.6) is 0 Å². The molecule has 26 atom stereocenters. The van der Waals surface area contributed by atoms with Crippen LogP contribution in [0.15, 0.2) is 0 Å². The Labute approximate surface area is 411 Å². The van der Waals surface area contributed by atoms with E-state index in [0.717, 1.165) is 25.7 Å². The van der Waals surface area contributed by atoms with Crippen LogP contribution in [0.3, 0.4) is 0 Å². The van der Waals surface area contributed by atoms with E-state index >= 15 is 0 Å². The van der Waals surface area contributed by atoms with Gasteiger partial charge in [0.25, 0.3) is 0 Å². The predicted molar refractivity (Wildman–Crippen MR) is 243 cm³/mol. The lowest BCUT2D eigenvalue weighted by molar-refractivity contribution is -0.398. The third kappa shape index (κ3) is 9.24. The molecule has 3 saturated carbocycles. The predicted octanol–water partition coefficient (Wildman–Crippen LogP) is 0.304. The molecule has 404 valence electrons. The second-order valence-corrected chi connectivity index (χ2v) is 24.3. The molecule has 8 fully saturated rings. The minimum atomic E-state index is -1.85. The van der Waals surface area contributed by atoms with E-state index in [1.807, 2.05) is 6.92 Å². The zero-order valence-electron chi connectivity index (χ0n) is 42.5. The number of aliphatic hydroxyl groups excluding tert-OH is 10. The van der Waals surface area contributed by atoms with Crippen LogP contribution in [0.2, 0.25) is 0 Å². The first-order valence-electron chi connectivity index (χ1n) is 25.7. The molecule has 0 aromatic rings. The first-order chi connectivity index (χ1) is 32.6. The Kier molecular flexibility index (Phi) is 15.5. The monoisotopic (exact) mass is 1000 g/mol. The molecule has 5 heterocycles. The van der Waals surface area contributed by atoms with Crippen LogP contribution < -0.4 is 0 Å². The molecule has 5 saturated heterocycles. The summed E-state index contributed by atoms with van der Waals surface area (Å²) in [5.41, 5.74) is -3.29. The highest BCUT2D eigenvalue weighted by molar-refractivity contribution is 5.66. The summed E-state index contributed by atoms with van der Waals surface area (Å²) in [5, 5.41) is 108. The van der Waals surface area contributed by atoms with E-state index in [1.165, 1.54) is 13.8 Å². The fourth-order valence-electron chi connectivity index (χ4n) is 15.1. The van der Waals surface area contributed by atoms with Crippen molar-refractivity contribution < 1.29 is 98.5 Å². The number of ether oxygens (including phenoxy) is 9. The number of rotatable bonds is 10. The van der Waals surface area contributed by atoms with Gasteiger partial charge < -0.3 is 93.7 Å². The van der Waals surface area contributed by atoms with Crippen molar-refractivity contribution in [2.75, 3.05) is 13.2 Å². The van der Waals surface area contributed by atoms with Crippen molar-refractivity contribution in [3.8, 4) is 0 Å². The molecule has 26 unspecified atom stereocenters. The summed E-state index contributed by atoms with van der Waals surface area (Å²) in [4.78, 5) is 12.7. The molecule has 3 aliphatic carbocycles. The van der Waals surface area contributed by atoms with Crippen molar-refractivity contribution in [3.05, 3.63) is 0 Å². The Hall–Kier alpha value is -1.25. The van der Waals surface area contributed by atoms with Crippen molar-refractivity contribution >= 4 is 5.97 Å². The minimum absolute atomic E-state index is 0.0503. The van der Waals surface area contributed by atoms with E-state index < -0.39 is 151 Å². The Morgan fingerprint density at radius 3 is 1.71 bits per heavy atom. The lowest BCUT2D eigenvalue weighted by Crippen LogP contribution is -2.71. The molecule has 0 bridgehead atoms. The second-order valence-electron chi connectivity index (χ2n) is 24.3. The molecule has 70 heavy (non-hydrogen) atoms. The number of hydrogen-bond donors (Lipinski definition) is 10. The maximum atomic E-state index is 12.7. The van der Waals surface area contributed by atoms with Crippen molar-refractivity contribution in [1.82, 2.24) is 0 Å². The van der Waals surface area contributed by atoms with Crippen molar-refractivity contribution in [2.45, 2.75) is 260 Å². The molecular formula is C50H84O20. The van der Waals surface area contributed by atoms with E-state index in [1.54, 1.807) is 0 Å². The maximum absolute atomic E-state index is 12.7. The van der Waals surface area contributed by atoms with E-state index in [9.17, 15) is 55.9 Å². The van der Waals surface area contributed by atoms with Gasteiger partial charge in [0.15, 0.2) is 18.9 Å². The number of esters is 1. The first-order valence-corrected chi connectivity index (χ1v) is 25.7. The Bertz CT molecular complexity index is 1840. The van der Waals surface area contributed by atoms with Gasteiger partial charge in [0.2, 0.25) is 0 Å². The summed E-state index contributed by atoms with van der Waals surface area (Å²) in [6.07, 6.45) is -19.8. The van der Waals surface area contributed by atoms with Gasteiger partial charge in [-0.05, 0) is 119 Å². The van der Waals surface area contributed by atoms with Gasteiger partial charge in [-0.3, -0.25) is 4.79 Å². The summed E-state index contributed by atoms with van der Waals surface area (Å²) in [6, 6.07) is 0. The fourth-order valence-corrected chi connectivity index (χ4v) is 15.1. The SMILES string of the molecule is CC(=O)OC1CC2C(C)(CCC(O)C2(C)C)OC1(C)C1CCC2C(C)(CCC3C(C)(C)C(OC4OC(CO)C(O)C(O)C4OC4OC(CO)C(O)C(O)C4OC4OC(C)C(O)C(O)C4O)CCC23C)O1. The molecule has 0 amide bonds. The molecule has 8 aliphatic rings. The summed E-state index contributed by atoms with van der Waals surface area (Å²) >= 11 is 0. The highest BCUT2D eigenvalue weighted by Crippen LogP contribution is 2.67. The van der Waals surface area contributed by atoms with Gasteiger partial charge in [0, 0.05) is 6.92 Å². The summed E-state index contributed by atoms with van der Waals surface area (Å²) in [5.74, 6) is -0.223. The van der Waals surface area contributed by atoms with Gasteiger partial charge in [-0.2, -0.15) is 0 Å². The van der Waals surface area contributed by atoms with E-state index in [2.05, 4.69) is 48.5 Å². The molecule has 20 heteroatoms. The van der Waals surface area contributed by atoms with Gasteiger partial charge in [-0.25, -0.2) is 0 Å². The van der Waals surface area contributed by atoms with E-state index in [4.69, 9.17) is 42.6 Å². The molecule has 10 N–H and O–H groups in total. The average molecular weight is 1010 g/mol. The summed E-state index contributed by atoms with van der Waals surface area (Å²) in [7, 11) is 0. The smallest absolute Gasteiger partial charge is 0.303 e.